The van der Waals surface area contributed by atoms with Crippen LogP contribution in [0.5, 0.6) is 0 Å². The molecule has 166 valence electrons. The largest absolute Gasteiger partial charge is 0.394 e. The van der Waals surface area contributed by atoms with Gasteiger partial charge in [0.05, 0.1) is 44.9 Å². The number of aromatic nitrogens is 1. The molecule has 2 amide bonds. The van der Waals surface area contributed by atoms with Crippen LogP contribution in [0.2, 0.25) is 0 Å². The minimum absolute atomic E-state index is 0.0512. The number of morpholine rings is 1. The number of hydrogen-bond acceptors (Lipinski definition) is 7. The molecular formula is C21H32N4O5. The summed E-state index contributed by atoms with van der Waals surface area (Å²) in [7, 11) is 0. The average molecular weight is 421 g/mol. The number of carbonyl (C=O) groups excluding carboxylic acids is 2. The Labute approximate surface area is 177 Å². The van der Waals surface area contributed by atoms with Crippen molar-refractivity contribution in [3.8, 4) is 0 Å². The standard InChI is InChI=1S/C21H32N4O5/c26-15-19-18(24-21(28)14-25-9-11-29-12-10-25)5-4-17(30-19)6-8-23-20(27)13-16-3-1-2-7-22-16/h1-3,7,17-19,26H,4-6,8-15H2,(H,23,27)(H,24,28)/t17-,18+,19+/m1/s1. The van der Waals surface area contributed by atoms with Gasteiger partial charge in [-0.15, -0.1) is 0 Å². The van der Waals surface area contributed by atoms with Crippen LogP contribution < -0.4 is 10.6 Å². The molecule has 2 saturated heterocycles. The lowest BCUT2D eigenvalue weighted by Crippen LogP contribution is -2.53. The highest BCUT2D eigenvalue weighted by Gasteiger charge is 2.32. The van der Waals surface area contributed by atoms with Crippen LogP contribution in [0.3, 0.4) is 0 Å². The molecule has 2 fully saturated rings. The first-order chi connectivity index (χ1) is 14.6. The highest BCUT2D eigenvalue weighted by molar-refractivity contribution is 5.78. The fraction of sp³-hybridized carbons (Fsp3) is 0.667. The third kappa shape index (κ3) is 7.32. The first kappa shape index (κ1) is 22.6. The predicted molar refractivity (Wildman–Crippen MR) is 110 cm³/mol. The fourth-order valence-corrected chi connectivity index (χ4v) is 3.83. The van der Waals surface area contributed by atoms with Gasteiger partial charge >= 0.3 is 0 Å². The highest BCUT2D eigenvalue weighted by atomic mass is 16.5. The maximum absolute atomic E-state index is 12.3. The Morgan fingerprint density at radius 3 is 2.77 bits per heavy atom. The number of aliphatic hydroxyl groups is 1. The van der Waals surface area contributed by atoms with Crippen molar-refractivity contribution in [2.45, 2.75) is 43.9 Å². The van der Waals surface area contributed by atoms with E-state index in [0.717, 1.165) is 31.6 Å². The van der Waals surface area contributed by atoms with E-state index in [2.05, 4.69) is 20.5 Å². The van der Waals surface area contributed by atoms with Gasteiger partial charge < -0.3 is 25.2 Å². The van der Waals surface area contributed by atoms with Gasteiger partial charge in [0.2, 0.25) is 11.8 Å². The Bertz CT molecular complexity index is 669. The van der Waals surface area contributed by atoms with E-state index in [-0.39, 0.29) is 37.0 Å². The molecule has 2 aliphatic heterocycles. The Morgan fingerprint density at radius 2 is 2.03 bits per heavy atom. The van der Waals surface area contributed by atoms with E-state index in [9.17, 15) is 14.7 Å². The number of aliphatic hydroxyl groups excluding tert-OH is 1. The molecule has 0 saturated carbocycles. The molecule has 0 bridgehead atoms. The van der Waals surface area contributed by atoms with Gasteiger partial charge in [-0.05, 0) is 31.4 Å². The highest BCUT2D eigenvalue weighted by Crippen LogP contribution is 2.21. The van der Waals surface area contributed by atoms with Crippen LogP contribution in [0, 0.1) is 0 Å². The molecule has 9 nitrogen and oxygen atoms in total. The maximum atomic E-state index is 12.3. The van der Waals surface area contributed by atoms with Gasteiger partial charge in [-0.25, -0.2) is 0 Å². The van der Waals surface area contributed by atoms with Crippen LogP contribution in [-0.2, 0) is 25.5 Å². The third-order valence-corrected chi connectivity index (χ3v) is 5.47. The van der Waals surface area contributed by atoms with Crippen molar-refractivity contribution >= 4 is 11.8 Å². The second kappa shape index (κ2) is 11.9. The second-order valence-corrected chi connectivity index (χ2v) is 7.76. The Morgan fingerprint density at radius 1 is 1.20 bits per heavy atom. The summed E-state index contributed by atoms with van der Waals surface area (Å²) in [5, 5.41) is 15.6. The average Bonchev–Trinajstić information content (AvgIpc) is 2.76. The lowest BCUT2D eigenvalue weighted by atomic mass is 9.97. The van der Waals surface area contributed by atoms with Gasteiger partial charge in [0.15, 0.2) is 0 Å². The number of amides is 2. The zero-order chi connectivity index (χ0) is 21.2. The van der Waals surface area contributed by atoms with Crippen molar-refractivity contribution < 1.29 is 24.2 Å². The van der Waals surface area contributed by atoms with E-state index in [0.29, 0.717) is 32.7 Å². The molecule has 0 spiro atoms. The van der Waals surface area contributed by atoms with Crippen molar-refractivity contribution in [1.29, 1.82) is 0 Å². The van der Waals surface area contributed by atoms with E-state index in [4.69, 9.17) is 9.47 Å². The molecule has 3 rings (SSSR count). The van der Waals surface area contributed by atoms with Gasteiger partial charge in [-0.3, -0.25) is 19.5 Å². The van der Waals surface area contributed by atoms with Crippen molar-refractivity contribution in [2.75, 3.05) is 46.0 Å². The van der Waals surface area contributed by atoms with Crippen LogP contribution in [0.1, 0.15) is 25.0 Å². The van der Waals surface area contributed by atoms with Crippen LogP contribution in [0.15, 0.2) is 24.4 Å². The number of rotatable bonds is 9. The third-order valence-electron chi connectivity index (χ3n) is 5.47. The van der Waals surface area contributed by atoms with Crippen molar-refractivity contribution in [2.24, 2.45) is 0 Å². The summed E-state index contributed by atoms with van der Waals surface area (Å²) in [4.78, 5) is 30.6. The summed E-state index contributed by atoms with van der Waals surface area (Å²) < 4.78 is 11.3. The molecule has 0 radical (unpaired) electrons. The maximum Gasteiger partial charge on any atom is 0.234 e. The summed E-state index contributed by atoms with van der Waals surface area (Å²) in [6.45, 7) is 3.51. The van der Waals surface area contributed by atoms with E-state index in [1.165, 1.54) is 0 Å². The molecule has 30 heavy (non-hydrogen) atoms. The predicted octanol–water partition coefficient (Wildman–Crippen LogP) is -0.513. The SMILES string of the molecule is O=C(Cc1ccccn1)NCC[C@H]1CC[C@H](NC(=O)CN2CCOCC2)[C@H](CO)O1. The van der Waals surface area contributed by atoms with Crippen LogP contribution in [0.25, 0.3) is 0 Å². The van der Waals surface area contributed by atoms with E-state index in [1.54, 1.807) is 6.20 Å². The summed E-state index contributed by atoms with van der Waals surface area (Å²) >= 11 is 0. The number of pyridine rings is 1. The molecular weight excluding hydrogens is 388 g/mol. The topological polar surface area (TPSA) is 113 Å². The normalized spacial score (nSPS) is 24.9. The Hall–Kier alpha value is -2.07. The number of nitrogens with one attached hydrogen (secondary N) is 2. The smallest absolute Gasteiger partial charge is 0.234 e. The van der Waals surface area contributed by atoms with Crippen LogP contribution in [0.4, 0.5) is 0 Å². The zero-order valence-corrected chi connectivity index (χ0v) is 17.3. The van der Waals surface area contributed by atoms with Gasteiger partial charge in [-0.2, -0.15) is 0 Å². The van der Waals surface area contributed by atoms with Crippen LogP contribution in [-0.4, -0.2) is 91.1 Å². The number of carbonyl (C=O) groups is 2. The zero-order valence-electron chi connectivity index (χ0n) is 17.3. The van der Waals surface area contributed by atoms with E-state index < -0.39 is 6.10 Å². The van der Waals surface area contributed by atoms with Gasteiger partial charge in [-0.1, -0.05) is 6.07 Å². The molecule has 1 aromatic heterocycles. The number of hydrogen-bond donors (Lipinski definition) is 3. The first-order valence-corrected chi connectivity index (χ1v) is 10.7. The summed E-state index contributed by atoms with van der Waals surface area (Å²) in [6.07, 6.45) is 3.62. The van der Waals surface area contributed by atoms with Crippen molar-refractivity contribution in [3.63, 3.8) is 0 Å². The van der Waals surface area contributed by atoms with Gasteiger partial charge in [0, 0.05) is 31.5 Å². The first-order valence-electron chi connectivity index (χ1n) is 10.7. The molecule has 0 unspecified atom stereocenters. The minimum atomic E-state index is -0.429. The lowest BCUT2D eigenvalue weighted by Gasteiger charge is -2.36. The molecule has 9 heteroatoms. The molecule has 3 N–H and O–H groups in total. The summed E-state index contributed by atoms with van der Waals surface area (Å²) in [6, 6.07) is 5.30. The molecule has 3 atom stereocenters. The minimum Gasteiger partial charge on any atom is -0.394 e. The van der Waals surface area contributed by atoms with Gasteiger partial charge in [0.1, 0.15) is 6.10 Å². The monoisotopic (exact) mass is 420 g/mol. The number of nitrogens with zero attached hydrogens (tertiary/aromatic N) is 2. The van der Waals surface area contributed by atoms with Crippen molar-refractivity contribution in [1.82, 2.24) is 20.5 Å². The van der Waals surface area contributed by atoms with E-state index in [1.807, 2.05) is 18.2 Å². The molecule has 0 aliphatic carbocycles. The molecule has 1 aromatic rings. The molecule has 0 aromatic carbocycles. The second-order valence-electron chi connectivity index (χ2n) is 7.76. The molecule has 2 aliphatic rings. The quantitative estimate of drug-likeness (QED) is 0.493. The Kier molecular flexibility index (Phi) is 9.00. The molecule has 3 heterocycles. The van der Waals surface area contributed by atoms with Gasteiger partial charge in [0.25, 0.3) is 0 Å². The van der Waals surface area contributed by atoms with Crippen molar-refractivity contribution in [3.05, 3.63) is 30.1 Å². The summed E-state index contributed by atoms with van der Waals surface area (Å²) in [5.74, 6) is -0.124. The number of ether oxygens (including phenoxy) is 2. The Balaban J connectivity index is 1.35. The lowest BCUT2D eigenvalue weighted by molar-refractivity contribution is -0.130. The van der Waals surface area contributed by atoms with E-state index >= 15 is 0 Å². The summed E-state index contributed by atoms with van der Waals surface area (Å²) in [5.41, 5.74) is 0.736. The fourth-order valence-electron chi connectivity index (χ4n) is 3.83. The van der Waals surface area contributed by atoms with Crippen LogP contribution >= 0.6 is 0 Å².